The van der Waals surface area contributed by atoms with Gasteiger partial charge in [-0.15, -0.1) is 0 Å². The van der Waals surface area contributed by atoms with E-state index in [-0.39, 0.29) is 0 Å². The van der Waals surface area contributed by atoms with Gasteiger partial charge in [-0.05, 0) is 92.4 Å². The van der Waals surface area contributed by atoms with Crippen molar-refractivity contribution in [3.8, 4) is 0 Å². The van der Waals surface area contributed by atoms with E-state index in [1.807, 2.05) is 0 Å². The van der Waals surface area contributed by atoms with Gasteiger partial charge in [0.05, 0.1) is 0 Å². The lowest BCUT2D eigenvalue weighted by Crippen LogP contribution is -2.36. The molecule has 0 saturated heterocycles. The number of hydrogen-bond acceptors (Lipinski definition) is 0. The van der Waals surface area contributed by atoms with Gasteiger partial charge in [0, 0.05) is 0 Å². The third-order valence-electron chi connectivity index (χ3n) is 8.29. The summed E-state index contributed by atoms with van der Waals surface area (Å²) in [7, 11) is 0. The molecule has 4 atom stereocenters. The van der Waals surface area contributed by atoms with Crippen LogP contribution in [0.2, 0.25) is 0 Å². The molecule has 3 fully saturated rings. The quantitative estimate of drug-likeness (QED) is 0.440. The Morgan fingerprint density at radius 1 is 1.00 bits per heavy atom. The molecular weight excluding hydrogens is 324 g/mol. The Bertz CT molecular complexity index is 575. The predicted octanol–water partition coefficient (Wildman–Crippen LogP) is 8.65. The Hall–Kier alpha value is -0.780. The van der Waals surface area contributed by atoms with Crippen LogP contribution in [0.15, 0.2) is 35.5 Å². The van der Waals surface area contributed by atoms with E-state index in [1.165, 1.54) is 88.2 Å². The van der Waals surface area contributed by atoms with Gasteiger partial charge >= 0.3 is 0 Å². The lowest BCUT2D eigenvalue weighted by atomic mass is 9.60. The first kappa shape index (κ1) is 20.9. The summed E-state index contributed by atoms with van der Waals surface area (Å²) in [5.74, 6) is 3.54. The summed E-state index contributed by atoms with van der Waals surface area (Å²) in [4.78, 5) is 0. The molecule has 1 unspecified atom stereocenters. The van der Waals surface area contributed by atoms with Crippen LogP contribution in [0.3, 0.4) is 0 Å². The molecular formula is C27H44. The number of fused-ring (bicyclic) bond motifs is 1. The van der Waals surface area contributed by atoms with Crippen LogP contribution in [-0.4, -0.2) is 0 Å². The number of allylic oxidation sites excluding steroid dienone is 5. The first-order valence-electron chi connectivity index (χ1n) is 12.0. The van der Waals surface area contributed by atoms with Crippen LogP contribution < -0.4 is 0 Å². The van der Waals surface area contributed by atoms with E-state index >= 15 is 0 Å². The molecule has 0 N–H and O–H groups in total. The normalized spacial score (nSPS) is 35.8. The topological polar surface area (TPSA) is 0 Å². The Balaban J connectivity index is 1.69. The van der Waals surface area contributed by atoms with Gasteiger partial charge in [0.1, 0.15) is 0 Å². The first-order chi connectivity index (χ1) is 12.9. The van der Waals surface area contributed by atoms with Gasteiger partial charge in [0.2, 0.25) is 0 Å². The number of hydrogen-bond donors (Lipinski definition) is 0. The van der Waals surface area contributed by atoms with Gasteiger partial charge in [-0.1, -0.05) is 76.8 Å². The maximum absolute atomic E-state index is 4.32. The molecule has 152 valence electrons. The standard InChI is InChI=1S/C27H44/c1-20(2)10-8-12-22(4)25-17-18-26-24(14-9-19-27(25,26)5)16-15-23-13-7-6-11-21(23)3/h15-16,20,22,25-26H,3,6-14,17-19H2,1-2,4-5H3/b23-15-,24-16+/t22-,25-,26?,27-/m1/s1. The summed E-state index contributed by atoms with van der Waals surface area (Å²) in [5.41, 5.74) is 5.27. The highest BCUT2D eigenvalue weighted by atomic mass is 14.5. The summed E-state index contributed by atoms with van der Waals surface area (Å²) >= 11 is 0. The van der Waals surface area contributed by atoms with Crippen LogP contribution in [0.4, 0.5) is 0 Å². The molecule has 27 heavy (non-hydrogen) atoms. The Labute approximate surface area is 169 Å². The molecule has 0 aromatic rings. The summed E-state index contributed by atoms with van der Waals surface area (Å²) in [6.07, 6.45) is 21.5. The summed E-state index contributed by atoms with van der Waals surface area (Å²) < 4.78 is 0. The Morgan fingerprint density at radius 3 is 2.52 bits per heavy atom. The molecule has 3 rings (SSSR count). The summed E-state index contributed by atoms with van der Waals surface area (Å²) in [5, 5.41) is 0. The number of rotatable bonds is 6. The fourth-order valence-corrected chi connectivity index (χ4v) is 6.66. The lowest BCUT2D eigenvalue weighted by Gasteiger charge is -2.44. The minimum atomic E-state index is 0.559. The van der Waals surface area contributed by atoms with Gasteiger partial charge in [-0.2, -0.15) is 0 Å². The van der Waals surface area contributed by atoms with E-state index in [4.69, 9.17) is 0 Å². The van der Waals surface area contributed by atoms with Crippen molar-refractivity contribution in [1.29, 1.82) is 0 Å². The molecule has 3 aliphatic carbocycles. The smallest absolute Gasteiger partial charge is 0.0143 e. The molecule has 0 nitrogen and oxygen atoms in total. The summed E-state index contributed by atoms with van der Waals surface area (Å²) in [6.45, 7) is 14.3. The van der Waals surface area contributed by atoms with Crippen LogP contribution in [0.25, 0.3) is 0 Å². The van der Waals surface area contributed by atoms with Crippen molar-refractivity contribution in [2.45, 2.75) is 105 Å². The molecule has 3 aliphatic rings. The van der Waals surface area contributed by atoms with Crippen LogP contribution in [0.5, 0.6) is 0 Å². The molecule has 0 aliphatic heterocycles. The van der Waals surface area contributed by atoms with Crippen molar-refractivity contribution in [2.75, 3.05) is 0 Å². The van der Waals surface area contributed by atoms with E-state index in [0.29, 0.717) is 5.41 Å². The zero-order valence-corrected chi connectivity index (χ0v) is 18.7. The predicted molar refractivity (Wildman–Crippen MR) is 120 cm³/mol. The first-order valence-corrected chi connectivity index (χ1v) is 12.0. The van der Waals surface area contributed by atoms with E-state index in [9.17, 15) is 0 Å². The fraction of sp³-hybridized carbons (Fsp3) is 0.778. The summed E-state index contributed by atoms with van der Waals surface area (Å²) in [6, 6.07) is 0. The van der Waals surface area contributed by atoms with E-state index in [1.54, 1.807) is 5.57 Å². The molecule has 0 radical (unpaired) electrons. The van der Waals surface area contributed by atoms with Crippen molar-refractivity contribution in [3.05, 3.63) is 35.5 Å². The molecule has 3 saturated carbocycles. The van der Waals surface area contributed by atoms with Crippen LogP contribution in [0.1, 0.15) is 105 Å². The van der Waals surface area contributed by atoms with Gasteiger partial charge in [0.15, 0.2) is 0 Å². The molecule has 0 aromatic carbocycles. The monoisotopic (exact) mass is 368 g/mol. The molecule has 0 spiro atoms. The van der Waals surface area contributed by atoms with Crippen molar-refractivity contribution < 1.29 is 0 Å². The highest BCUT2D eigenvalue weighted by Gasteiger charge is 2.50. The lowest BCUT2D eigenvalue weighted by molar-refractivity contribution is 0.0929. The van der Waals surface area contributed by atoms with Crippen LogP contribution >= 0.6 is 0 Å². The Kier molecular flexibility index (Phi) is 7.09. The van der Waals surface area contributed by atoms with Crippen molar-refractivity contribution in [2.24, 2.45) is 29.1 Å². The second kappa shape index (κ2) is 9.15. The van der Waals surface area contributed by atoms with Crippen LogP contribution in [-0.2, 0) is 0 Å². The maximum Gasteiger partial charge on any atom is -0.0143 e. The molecule has 0 amide bonds. The van der Waals surface area contributed by atoms with Gasteiger partial charge in [-0.3, -0.25) is 0 Å². The third kappa shape index (κ3) is 4.80. The highest BCUT2D eigenvalue weighted by molar-refractivity contribution is 5.35. The minimum absolute atomic E-state index is 0.559. The zero-order valence-electron chi connectivity index (χ0n) is 18.7. The van der Waals surface area contributed by atoms with Gasteiger partial charge in [-0.25, -0.2) is 0 Å². The van der Waals surface area contributed by atoms with E-state index in [2.05, 4.69) is 46.4 Å². The molecule has 0 aromatic heterocycles. The Morgan fingerprint density at radius 2 is 1.78 bits per heavy atom. The van der Waals surface area contributed by atoms with Gasteiger partial charge in [0.25, 0.3) is 0 Å². The van der Waals surface area contributed by atoms with Crippen LogP contribution in [0, 0.1) is 29.1 Å². The largest absolute Gasteiger partial charge is 0.0956 e. The van der Waals surface area contributed by atoms with Crippen molar-refractivity contribution >= 4 is 0 Å². The SMILES string of the molecule is C=C1CCCC/C1=C/C=C1\CCC[C@@]2(C)C1CC[C@@H]2[C@H](C)CCCC(C)C. The molecule has 0 heterocycles. The second-order valence-corrected chi connectivity index (χ2v) is 10.6. The van der Waals surface area contributed by atoms with Gasteiger partial charge < -0.3 is 0 Å². The minimum Gasteiger partial charge on any atom is -0.0956 e. The zero-order chi connectivity index (χ0) is 19.4. The van der Waals surface area contributed by atoms with E-state index in [0.717, 1.165) is 23.7 Å². The van der Waals surface area contributed by atoms with Crippen molar-refractivity contribution in [3.63, 3.8) is 0 Å². The third-order valence-corrected chi connectivity index (χ3v) is 8.29. The van der Waals surface area contributed by atoms with E-state index < -0.39 is 0 Å². The second-order valence-electron chi connectivity index (χ2n) is 10.6. The average molecular weight is 369 g/mol. The fourth-order valence-electron chi connectivity index (χ4n) is 6.66. The molecule has 0 heteroatoms. The maximum atomic E-state index is 4.32. The average Bonchev–Trinajstić information content (AvgIpc) is 2.98. The van der Waals surface area contributed by atoms with Crippen molar-refractivity contribution in [1.82, 2.24) is 0 Å². The molecule has 0 bridgehead atoms. The highest BCUT2D eigenvalue weighted by Crippen LogP contribution is 2.59.